The fourth-order valence-electron chi connectivity index (χ4n) is 2.02. The predicted molar refractivity (Wildman–Crippen MR) is 76.3 cm³/mol. The minimum Gasteiger partial charge on any atom is -0.491 e. The third-order valence-corrected chi connectivity index (χ3v) is 2.81. The topological polar surface area (TPSA) is 53.1 Å². The second-order valence-electron chi connectivity index (χ2n) is 4.85. The molecule has 0 saturated carbocycles. The Hall–Kier alpha value is -1.81. The number of nitrogens with zero attached hydrogens (tertiary/aromatic N) is 2. The molecule has 2 N–H and O–H groups in total. The maximum Gasteiger partial charge on any atom is 0.124 e. The van der Waals surface area contributed by atoms with Crippen molar-refractivity contribution in [1.82, 2.24) is 9.78 Å². The van der Waals surface area contributed by atoms with Gasteiger partial charge in [0.2, 0.25) is 0 Å². The van der Waals surface area contributed by atoms with Gasteiger partial charge in [-0.1, -0.05) is 12.1 Å². The van der Waals surface area contributed by atoms with Crippen molar-refractivity contribution >= 4 is 0 Å². The fourth-order valence-corrected chi connectivity index (χ4v) is 2.02. The van der Waals surface area contributed by atoms with E-state index in [1.165, 1.54) is 5.56 Å². The van der Waals surface area contributed by atoms with Gasteiger partial charge in [0.1, 0.15) is 5.75 Å². The first-order valence-corrected chi connectivity index (χ1v) is 6.65. The normalized spacial score (nSPS) is 10.9. The first-order chi connectivity index (χ1) is 9.19. The van der Waals surface area contributed by atoms with Crippen LogP contribution in [0.3, 0.4) is 0 Å². The van der Waals surface area contributed by atoms with Crippen LogP contribution in [-0.4, -0.2) is 22.4 Å². The molecule has 0 radical (unpaired) electrons. The van der Waals surface area contributed by atoms with Crippen LogP contribution < -0.4 is 10.5 Å². The Balaban J connectivity index is 2.26. The average Bonchev–Trinajstić information content (AvgIpc) is 2.85. The zero-order valence-electron chi connectivity index (χ0n) is 11.5. The summed E-state index contributed by atoms with van der Waals surface area (Å²) in [5.74, 6) is 0.922. The molecule has 0 atom stereocenters. The maximum absolute atomic E-state index is 5.85. The number of ether oxygens (including phenoxy) is 1. The van der Waals surface area contributed by atoms with E-state index in [1.54, 1.807) is 6.20 Å². The van der Waals surface area contributed by atoms with Gasteiger partial charge in [0, 0.05) is 18.0 Å². The number of nitrogens with two attached hydrogens (primary N) is 1. The zero-order valence-corrected chi connectivity index (χ0v) is 11.5. The number of hydrogen-bond acceptors (Lipinski definition) is 3. The third kappa shape index (κ3) is 3.83. The van der Waals surface area contributed by atoms with E-state index in [2.05, 4.69) is 17.2 Å². The summed E-state index contributed by atoms with van der Waals surface area (Å²) in [5, 5.41) is 4.24. The van der Waals surface area contributed by atoms with Crippen LogP contribution in [0.2, 0.25) is 0 Å². The highest BCUT2D eigenvalue weighted by Crippen LogP contribution is 2.22. The van der Waals surface area contributed by atoms with Crippen LogP contribution in [0.1, 0.15) is 25.0 Å². The Labute approximate surface area is 114 Å². The van der Waals surface area contributed by atoms with Gasteiger partial charge in [-0.25, -0.2) is 0 Å². The van der Waals surface area contributed by atoms with E-state index in [0.717, 1.165) is 17.7 Å². The molecule has 2 rings (SSSR count). The van der Waals surface area contributed by atoms with Crippen molar-refractivity contribution in [2.24, 2.45) is 5.73 Å². The lowest BCUT2D eigenvalue weighted by atomic mass is 10.1. The molecule has 2 aromatic rings. The molecular formula is C15H21N3O. The molecule has 0 fully saturated rings. The number of hydrogen-bond donors (Lipinski definition) is 1. The van der Waals surface area contributed by atoms with Crippen molar-refractivity contribution in [2.45, 2.75) is 32.9 Å². The summed E-state index contributed by atoms with van der Waals surface area (Å²) in [4.78, 5) is 0. The quantitative estimate of drug-likeness (QED) is 0.865. The Bertz CT molecular complexity index is 506. The molecule has 1 aromatic carbocycles. The molecule has 19 heavy (non-hydrogen) atoms. The zero-order chi connectivity index (χ0) is 13.7. The molecule has 0 spiro atoms. The van der Waals surface area contributed by atoms with E-state index in [1.807, 2.05) is 36.9 Å². The van der Waals surface area contributed by atoms with Crippen LogP contribution in [0.4, 0.5) is 0 Å². The van der Waals surface area contributed by atoms with Gasteiger partial charge in [-0.2, -0.15) is 5.10 Å². The van der Waals surface area contributed by atoms with E-state index in [4.69, 9.17) is 10.5 Å². The molecule has 102 valence electrons. The summed E-state index contributed by atoms with van der Waals surface area (Å²) >= 11 is 0. The number of benzene rings is 1. The Morgan fingerprint density at radius 1 is 1.37 bits per heavy atom. The summed E-state index contributed by atoms with van der Waals surface area (Å²) < 4.78 is 7.75. The second kappa shape index (κ2) is 6.38. The van der Waals surface area contributed by atoms with E-state index >= 15 is 0 Å². The van der Waals surface area contributed by atoms with Gasteiger partial charge in [0.05, 0.1) is 12.6 Å². The summed E-state index contributed by atoms with van der Waals surface area (Å²) in [6.07, 6.45) is 4.78. The molecule has 0 saturated heterocycles. The lowest BCUT2D eigenvalue weighted by Gasteiger charge is -2.15. The monoisotopic (exact) mass is 259 g/mol. The van der Waals surface area contributed by atoms with Crippen molar-refractivity contribution < 1.29 is 4.74 Å². The minimum absolute atomic E-state index is 0.164. The van der Waals surface area contributed by atoms with Crippen molar-refractivity contribution in [3.05, 3.63) is 47.8 Å². The second-order valence-corrected chi connectivity index (χ2v) is 4.85. The van der Waals surface area contributed by atoms with Gasteiger partial charge in [0.15, 0.2) is 0 Å². The van der Waals surface area contributed by atoms with Gasteiger partial charge in [-0.3, -0.25) is 4.68 Å². The molecule has 0 aliphatic carbocycles. The maximum atomic E-state index is 5.85. The van der Waals surface area contributed by atoms with Gasteiger partial charge >= 0.3 is 0 Å². The summed E-state index contributed by atoms with van der Waals surface area (Å²) in [6.45, 7) is 5.44. The van der Waals surface area contributed by atoms with Crippen LogP contribution in [0, 0.1) is 0 Å². The predicted octanol–water partition coefficient (Wildman–Crippen LogP) is 2.22. The SMILES string of the molecule is CC(C)Oc1ccc(CCN)cc1Cn1cccn1. The first-order valence-electron chi connectivity index (χ1n) is 6.65. The Morgan fingerprint density at radius 2 is 2.21 bits per heavy atom. The van der Waals surface area contributed by atoms with Crippen LogP contribution in [-0.2, 0) is 13.0 Å². The first kappa shape index (κ1) is 13.6. The summed E-state index contributed by atoms with van der Waals surface area (Å²) in [6, 6.07) is 8.19. The third-order valence-electron chi connectivity index (χ3n) is 2.81. The van der Waals surface area contributed by atoms with Crippen LogP contribution in [0.25, 0.3) is 0 Å². The molecule has 0 bridgehead atoms. The average molecular weight is 259 g/mol. The van der Waals surface area contributed by atoms with Crippen molar-refractivity contribution in [3.63, 3.8) is 0 Å². The number of aromatic nitrogens is 2. The summed E-state index contributed by atoms with van der Waals surface area (Å²) in [7, 11) is 0. The highest BCUT2D eigenvalue weighted by molar-refractivity contribution is 5.37. The molecule has 0 amide bonds. The molecule has 0 aliphatic heterocycles. The molecule has 1 aromatic heterocycles. The molecule has 0 unspecified atom stereocenters. The fraction of sp³-hybridized carbons (Fsp3) is 0.400. The van der Waals surface area contributed by atoms with Crippen LogP contribution in [0.5, 0.6) is 5.75 Å². The van der Waals surface area contributed by atoms with Crippen molar-refractivity contribution in [1.29, 1.82) is 0 Å². The van der Waals surface area contributed by atoms with Crippen LogP contribution >= 0.6 is 0 Å². The summed E-state index contributed by atoms with van der Waals surface area (Å²) in [5.41, 5.74) is 8.00. The molecule has 4 nitrogen and oxygen atoms in total. The van der Waals surface area contributed by atoms with E-state index in [0.29, 0.717) is 13.1 Å². The highest BCUT2D eigenvalue weighted by Gasteiger charge is 2.08. The van der Waals surface area contributed by atoms with Crippen molar-refractivity contribution in [2.75, 3.05) is 6.54 Å². The molecule has 0 aliphatic rings. The Morgan fingerprint density at radius 3 is 2.84 bits per heavy atom. The van der Waals surface area contributed by atoms with E-state index in [-0.39, 0.29) is 6.10 Å². The minimum atomic E-state index is 0.164. The van der Waals surface area contributed by atoms with Gasteiger partial charge in [-0.15, -0.1) is 0 Å². The van der Waals surface area contributed by atoms with Gasteiger partial charge in [-0.05, 0) is 44.5 Å². The molecule has 4 heteroatoms. The van der Waals surface area contributed by atoms with E-state index in [9.17, 15) is 0 Å². The Kier molecular flexibility index (Phi) is 4.58. The lowest BCUT2D eigenvalue weighted by molar-refractivity contribution is 0.239. The smallest absolute Gasteiger partial charge is 0.124 e. The number of rotatable bonds is 6. The van der Waals surface area contributed by atoms with Gasteiger partial charge in [0.25, 0.3) is 0 Å². The lowest BCUT2D eigenvalue weighted by Crippen LogP contribution is -2.10. The molecular weight excluding hydrogens is 238 g/mol. The van der Waals surface area contributed by atoms with E-state index < -0.39 is 0 Å². The van der Waals surface area contributed by atoms with Gasteiger partial charge < -0.3 is 10.5 Å². The standard InChI is InChI=1S/C15H21N3O/c1-12(2)19-15-5-4-13(6-7-16)10-14(15)11-18-9-3-8-17-18/h3-5,8-10,12H,6-7,11,16H2,1-2H3. The highest BCUT2D eigenvalue weighted by atomic mass is 16.5. The van der Waals surface area contributed by atoms with Crippen molar-refractivity contribution in [3.8, 4) is 5.75 Å². The molecule has 1 heterocycles. The largest absolute Gasteiger partial charge is 0.491 e. The van der Waals surface area contributed by atoms with Crippen LogP contribution in [0.15, 0.2) is 36.7 Å².